The zero-order chi connectivity index (χ0) is 22.6. The van der Waals surface area contributed by atoms with Crippen molar-refractivity contribution >= 4 is 29.5 Å². The standard InChI is InChI=1S/C24H28N2O4S/c1-24(2,3)26(23(29)30)19(16-17-10-6-4-7-11-17)21(28)25-15-14-20(27)22(25)31-18-12-8-5-9-13-18/h4-13,19,22H,14-16H2,1-3H3,(H,29,30)/p-1/t19-,22-/m0/s1. The van der Waals surface area contributed by atoms with Crippen LogP contribution < -0.4 is 5.11 Å². The summed E-state index contributed by atoms with van der Waals surface area (Å²) in [5.74, 6) is -0.404. The van der Waals surface area contributed by atoms with Gasteiger partial charge in [-0.3, -0.25) is 9.59 Å². The first-order valence-electron chi connectivity index (χ1n) is 10.3. The fourth-order valence-electron chi connectivity index (χ4n) is 3.81. The van der Waals surface area contributed by atoms with Crippen molar-refractivity contribution in [3.8, 4) is 0 Å². The maximum atomic E-state index is 13.7. The zero-order valence-corrected chi connectivity index (χ0v) is 18.8. The monoisotopic (exact) mass is 439 g/mol. The Hall–Kier alpha value is -2.80. The number of likely N-dealkylation sites (tertiary alicyclic amines) is 1. The molecule has 6 nitrogen and oxygen atoms in total. The molecule has 0 saturated carbocycles. The van der Waals surface area contributed by atoms with Gasteiger partial charge in [0.15, 0.2) is 5.78 Å². The number of nitrogens with zero attached hydrogens (tertiary/aromatic N) is 2. The topological polar surface area (TPSA) is 80.8 Å². The average Bonchev–Trinajstić information content (AvgIpc) is 3.07. The van der Waals surface area contributed by atoms with E-state index in [1.54, 1.807) is 20.8 Å². The Morgan fingerprint density at radius 1 is 1.10 bits per heavy atom. The molecule has 2 aromatic carbocycles. The molecule has 3 rings (SSSR count). The number of carbonyl (C=O) groups is 3. The van der Waals surface area contributed by atoms with Gasteiger partial charge in [-0.05, 0) is 38.5 Å². The van der Waals surface area contributed by atoms with Gasteiger partial charge in [0.1, 0.15) is 17.5 Å². The Bertz CT molecular complexity index is 928. The number of amides is 2. The number of hydrogen-bond donors (Lipinski definition) is 0. The predicted octanol–water partition coefficient (Wildman–Crippen LogP) is 2.96. The number of carbonyl (C=O) groups excluding carboxylic acids is 3. The van der Waals surface area contributed by atoms with E-state index < -0.39 is 23.0 Å². The van der Waals surface area contributed by atoms with Crippen molar-refractivity contribution in [3.63, 3.8) is 0 Å². The van der Waals surface area contributed by atoms with E-state index in [0.717, 1.165) is 15.4 Å². The number of hydrogen-bond acceptors (Lipinski definition) is 5. The number of thioether (sulfide) groups is 1. The smallest absolute Gasteiger partial charge is 0.246 e. The van der Waals surface area contributed by atoms with E-state index >= 15 is 0 Å². The summed E-state index contributed by atoms with van der Waals surface area (Å²) in [4.78, 5) is 42.0. The van der Waals surface area contributed by atoms with Gasteiger partial charge >= 0.3 is 0 Å². The molecule has 7 heteroatoms. The van der Waals surface area contributed by atoms with Crippen LogP contribution in [0, 0.1) is 0 Å². The van der Waals surface area contributed by atoms with Crippen LogP contribution in [0.5, 0.6) is 0 Å². The van der Waals surface area contributed by atoms with E-state index in [1.165, 1.54) is 16.7 Å². The van der Waals surface area contributed by atoms with E-state index in [-0.39, 0.29) is 31.1 Å². The quantitative estimate of drug-likeness (QED) is 0.691. The number of ketones is 1. The zero-order valence-electron chi connectivity index (χ0n) is 18.0. The molecule has 1 aliphatic heterocycles. The predicted molar refractivity (Wildman–Crippen MR) is 118 cm³/mol. The molecule has 2 atom stereocenters. The number of carboxylic acid groups (broad SMARTS) is 1. The number of benzene rings is 2. The Balaban J connectivity index is 1.94. The van der Waals surface area contributed by atoms with Crippen molar-refractivity contribution in [1.82, 2.24) is 9.80 Å². The maximum Gasteiger partial charge on any atom is 0.246 e. The molecule has 0 aromatic heterocycles. The summed E-state index contributed by atoms with van der Waals surface area (Å²) < 4.78 is 0. The molecule has 164 valence electrons. The summed E-state index contributed by atoms with van der Waals surface area (Å²) in [5.41, 5.74) is -0.00568. The second-order valence-corrected chi connectivity index (χ2v) is 9.70. The molecular weight excluding hydrogens is 412 g/mol. The van der Waals surface area contributed by atoms with Crippen LogP contribution in [0.4, 0.5) is 4.79 Å². The van der Waals surface area contributed by atoms with Gasteiger partial charge < -0.3 is 19.7 Å². The first-order valence-corrected chi connectivity index (χ1v) is 11.2. The molecule has 1 heterocycles. The van der Waals surface area contributed by atoms with E-state index in [0.29, 0.717) is 0 Å². The van der Waals surface area contributed by atoms with Crippen molar-refractivity contribution in [2.24, 2.45) is 0 Å². The highest BCUT2D eigenvalue weighted by molar-refractivity contribution is 8.00. The van der Waals surface area contributed by atoms with Crippen molar-refractivity contribution in [3.05, 3.63) is 66.2 Å². The summed E-state index contributed by atoms with van der Waals surface area (Å²) >= 11 is 1.32. The Kier molecular flexibility index (Phi) is 7.05. The molecule has 0 aliphatic carbocycles. The number of Topliss-reactive ketones (excluding diaryl/α,β-unsaturated/α-hetero) is 1. The molecular formula is C24H27N2O4S-. The van der Waals surface area contributed by atoms with Gasteiger partial charge in [0.25, 0.3) is 0 Å². The van der Waals surface area contributed by atoms with Crippen LogP contribution in [0.3, 0.4) is 0 Å². The van der Waals surface area contributed by atoms with E-state index in [1.807, 2.05) is 60.7 Å². The van der Waals surface area contributed by atoms with Crippen molar-refractivity contribution in [2.75, 3.05) is 6.54 Å². The third-order valence-corrected chi connectivity index (χ3v) is 6.50. The second-order valence-electron chi connectivity index (χ2n) is 8.54. The van der Waals surface area contributed by atoms with Gasteiger partial charge in [0.05, 0.1) is 0 Å². The molecule has 2 aromatic rings. The summed E-state index contributed by atoms with van der Waals surface area (Å²) in [6, 6.07) is 17.7. The molecule has 1 aliphatic rings. The van der Waals surface area contributed by atoms with Crippen molar-refractivity contribution in [1.29, 1.82) is 0 Å². The SMILES string of the molecule is CC(C)(C)N(C(=O)[O-])[C@@H](Cc1ccccc1)C(=O)N1CCC(=O)[C@@H]1Sc1ccccc1. The van der Waals surface area contributed by atoms with E-state index in [4.69, 9.17) is 0 Å². The minimum absolute atomic E-state index is 0.0311. The molecule has 0 N–H and O–H groups in total. The molecule has 0 bridgehead atoms. The van der Waals surface area contributed by atoms with E-state index in [9.17, 15) is 19.5 Å². The molecule has 1 fully saturated rings. The van der Waals surface area contributed by atoms with Crippen LogP contribution in [-0.2, 0) is 16.0 Å². The summed E-state index contributed by atoms with van der Waals surface area (Å²) in [5, 5.41) is 11.4. The summed E-state index contributed by atoms with van der Waals surface area (Å²) in [7, 11) is 0. The van der Waals surface area contributed by atoms with Gasteiger partial charge in [-0.2, -0.15) is 0 Å². The van der Waals surface area contributed by atoms with Crippen LogP contribution in [0.15, 0.2) is 65.6 Å². The third-order valence-electron chi connectivity index (χ3n) is 5.22. The van der Waals surface area contributed by atoms with Crippen molar-refractivity contribution in [2.45, 2.75) is 55.5 Å². The lowest BCUT2D eigenvalue weighted by Gasteiger charge is -2.44. The maximum absolute atomic E-state index is 13.7. The van der Waals surface area contributed by atoms with Crippen LogP contribution in [0.2, 0.25) is 0 Å². The second kappa shape index (κ2) is 9.56. The largest absolute Gasteiger partial charge is 0.530 e. The lowest BCUT2D eigenvalue weighted by molar-refractivity contribution is -0.273. The van der Waals surface area contributed by atoms with Gasteiger partial charge in [0.2, 0.25) is 5.91 Å². The van der Waals surface area contributed by atoms with Crippen LogP contribution in [0.25, 0.3) is 0 Å². The molecule has 0 radical (unpaired) electrons. The lowest BCUT2D eigenvalue weighted by atomic mass is 9.97. The molecule has 1 saturated heterocycles. The fourth-order valence-corrected chi connectivity index (χ4v) is 4.97. The summed E-state index contributed by atoms with van der Waals surface area (Å²) in [6.45, 7) is 5.48. The lowest BCUT2D eigenvalue weighted by Crippen LogP contribution is -2.62. The van der Waals surface area contributed by atoms with Gasteiger partial charge in [-0.1, -0.05) is 60.3 Å². The fraction of sp³-hybridized carbons (Fsp3) is 0.375. The highest BCUT2D eigenvalue weighted by atomic mass is 32.2. The Morgan fingerprint density at radius 2 is 1.68 bits per heavy atom. The Labute approximate surface area is 187 Å². The summed E-state index contributed by atoms with van der Waals surface area (Å²) in [6.07, 6.45) is -0.937. The normalized spacial score (nSPS) is 17.5. The molecule has 2 amide bonds. The van der Waals surface area contributed by atoms with Gasteiger partial charge in [-0.25, -0.2) is 0 Å². The molecule has 0 spiro atoms. The van der Waals surface area contributed by atoms with Crippen LogP contribution in [-0.4, -0.2) is 51.1 Å². The first-order chi connectivity index (χ1) is 14.7. The van der Waals surface area contributed by atoms with Crippen LogP contribution >= 0.6 is 11.8 Å². The van der Waals surface area contributed by atoms with E-state index in [2.05, 4.69) is 0 Å². The molecule has 31 heavy (non-hydrogen) atoms. The molecule has 0 unspecified atom stereocenters. The number of rotatable bonds is 6. The first kappa shape index (κ1) is 22.9. The third kappa shape index (κ3) is 5.47. The Morgan fingerprint density at radius 3 is 2.23 bits per heavy atom. The minimum Gasteiger partial charge on any atom is -0.530 e. The van der Waals surface area contributed by atoms with Gasteiger partial charge in [0, 0.05) is 29.8 Å². The van der Waals surface area contributed by atoms with Crippen LogP contribution in [0.1, 0.15) is 32.8 Å². The average molecular weight is 440 g/mol. The van der Waals surface area contributed by atoms with Gasteiger partial charge in [-0.15, -0.1) is 0 Å². The highest BCUT2D eigenvalue weighted by Gasteiger charge is 2.43. The van der Waals surface area contributed by atoms with Crippen molar-refractivity contribution < 1.29 is 19.5 Å². The highest BCUT2D eigenvalue weighted by Crippen LogP contribution is 2.33. The minimum atomic E-state index is -1.40.